The van der Waals surface area contributed by atoms with Gasteiger partial charge in [0.05, 0.1) is 21.3 Å². The fraction of sp³-hybridized carbons (Fsp3) is 0.154. The molecule has 0 radical (unpaired) electrons. The summed E-state index contributed by atoms with van der Waals surface area (Å²) in [5.74, 6) is 1.42. The van der Waals surface area contributed by atoms with Crippen molar-refractivity contribution in [3.8, 4) is 17.2 Å². The van der Waals surface area contributed by atoms with Gasteiger partial charge in [-0.1, -0.05) is 0 Å². The number of rotatable bonds is 7. The van der Waals surface area contributed by atoms with E-state index in [1.165, 1.54) is 14.2 Å². The summed E-state index contributed by atoms with van der Waals surface area (Å²) in [6.45, 7) is 1.82. The molecule has 0 aliphatic heterocycles. The first kappa shape index (κ1) is 22.0. The van der Waals surface area contributed by atoms with Crippen molar-refractivity contribution in [1.82, 2.24) is 0 Å². The Hall–Kier alpha value is -4.26. The van der Waals surface area contributed by atoms with Gasteiger partial charge in [0.1, 0.15) is 11.3 Å². The van der Waals surface area contributed by atoms with Gasteiger partial charge in [-0.2, -0.15) is 0 Å². The minimum atomic E-state index is -0.300. The molecule has 0 unspecified atom stereocenters. The highest BCUT2D eigenvalue weighted by Gasteiger charge is 2.20. The van der Waals surface area contributed by atoms with E-state index in [1.54, 1.807) is 67.8 Å². The van der Waals surface area contributed by atoms with Crippen molar-refractivity contribution in [2.45, 2.75) is 6.92 Å². The number of hydrogen-bond donors (Lipinski definition) is 1. The lowest BCUT2D eigenvalue weighted by Gasteiger charge is -2.10. The van der Waals surface area contributed by atoms with E-state index in [0.717, 1.165) is 5.39 Å². The Balaban J connectivity index is 1.60. The molecule has 7 nitrogen and oxygen atoms in total. The molecule has 33 heavy (non-hydrogen) atoms. The average Bonchev–Trinajstić information content (AvgIpc) is 3.18. The maximum absolute atomic E-state index is 13.0. The fourth-order valence-electron chi connectivity index (χ4n) is 3.57. The Morgan fingerprint density at radius 1 is 0.788 bits per heavy atom. The molecule has 0 bridgehead atoms. The van der Waals surface area contributed by atoms with Gasteiger partial charge in [-0.25, -0.2) is 0 Å². The number of benzene rings is 3. The zero-order chi connectivity index (χ0) is 23.5. The van der Waals surface area contributed by atoms with Gasteiger partial charge in [0.15, 0.2) is 17.3 Å². The van der Waals surface area contributed by atoms with Gasteiger partial charge in [0, 0.05) is 27.8 Å². The molecule has 0 fully saturated rings. The molecule has 1 aromatic heterocycles. The number of furan rings is 1. The molecule has 0 aliphatic carbocycles. The first-order chi connectivity index (χ1) is 15.9. The SMILES string of the molecule is COc1ccc(C(=O)c2oc3ccc(NC(=O)c4ccc(OC)c(OC)c4)cc3c2C)cc1. The summed E-state index contributed by atoms with van der Waals surface area (Å²) in [4.78, 5) is 25.7. The highest BCUT2D eigenvalue weighted by Crippen LogP contribution is 2.31. The van der Waals surface area contributed by atoms with Gasteiger partial charge in [-0.3, -0.25) is 9.59 Å². The summed E-state index contributed by atoms with van der Waals surface area (Å²) in [5.41, 5.74) is 2.77. The number of hydrogen-bond acceptors (Lipinski definition) is 6. The Bertz CT molecular complexity index is 1340. The first-order valence-corrected chi connectivity index (χ1v) is 10.2. The summed E-state index contributed by atoms with van der Waals surface area (Å²) in [5, 5.41) is 3.62. The number of nitrogens with one attached hydrogen (secondary N) is 1. The standard InChI is InChI=1S/C26H23NO6/c1-15-20-14-18(27-26(29)17-7-11-22(31-3)23(13-17)32-4)8-12-21(20)33-25(15)24(28)16-5-9-19(30-2)10-6-16/h5-14H,1-4H3,(H,27,29). The largest absolute Gasteiger partial charge is 0.497 e. The highest BCUT2D eigenvalue weighted by molar-refractivity contribution is 6.11. The lowest BCUT2D eigenvalue weighted by molar-refractivity contribution is 0.101. The van der Waals surface area contributed by atoms with Crippen LogP contribution in [0.2, 0.25) is 0 Å². The Morgan fingerprint density at radius 2 is 1.48 bits per heavy atom. The normalized spacial score (nSPS) is 10.7. The number of amides is 1. The third-order valence-electron chi connectivity index (χ3n) is 5.40. The van der Waals surface area contributed by atoms with Crippen LogP contribution < -0.4 is 19.5 Å². The molecule has 1 amide bonds. The van der Waals surface area contributed by atoms with Crippen LogP contribution >= 0.6 is 0 Å². The molecule has 4 rings (SSSR count). The maximum Gasteiger partial charge on any atom is 0.255 e. The molecule has 0 spiro atoms. The molecule has 0 aliphatic rings. The van der Waals surface area contributed by atoms with Gasteiger partial charge < -0.3 is 23.9 Å². The smallest absolute Gasteiger partial charge is 0.255 e. The van der Waals surface area contributed by atoms with Crippen molar-refractivity contribution in [2.75, 3.05) is 26.6 Å². The van der Waals surface area contributed by atoms with E-state index in [9.17, 15) is 9.59 Å². The second-order valence-corrected chi connectivity index (χ2v) is 7.35. The summed E-state index contributed by atoms with van der Waals surface area (Å²) in [6.07, 6.45) is 0. The second kappa shape index (κ2) is 9.08. The number of methoxy groups -OCH3 is 3. The number of aryl methyl sites for hydroxylation is 1. The van der Waals surface area contributed by atoms with Crippen LogP contribution in [0, 0.1) is 6.92 Å². The number of anilines is 1. The van der Waals surface area contributed by atoms with E-state index in [0.29, 0.717) is 45.2 Å². The van der Waals surface area contributed by atoms with Gasteiger partial charge in [-0.15, -0.1) is 0 Å². The Morgan fingerprint density at radius 3 is 2.15 bits per heavy atom. The van der Waals surface area contributed by atoms with Gasteiger partial charge in [0.25, 0.3) is 5.91 Å². The molecule has 168 valence electrons. The summed E-state index contributed by atoms with van der Waals surface area (Å²) < 4.78 is 21.5. The van der Waals surface area contributed by atoms with Crippen molar-refractivity contribution in [2.24, 2.45) is 0 Å². The van der Waals surface area contributed by atoms with Crippen LogP contribution in [0.3, 0.4) is 0 Å². The Labute approximate surface area is 190 Å². The minimum Gasteiger partial charge on any atom is -0.497 e. The van der Waals surface area contributed by atoms with Gasteiger partial charge >= 0.3 is 0 Å². The van der Waals surface area contributed by atoms with E-state index in [4.69, 9.17) is 18.6 Å². The van der Waals surface area contributed by atoms with Crippen LogP contribution in [-0.2, 0) is 0 Å². The molecular weight excluding hydrogens is 422 g/mol. The van der Waals surface area contributed by atoms with Crippen LogP contribution in [0.15, 0.2) is 65.1 Å². The third-order valence-corrected chi connectivity index (χ3v) is 5.40. The molecule has 0 saturated carbocycles. The predicted octanol–water partition coefficient (Wildman–Crippen LogP) is 5.25. The molecule has 3 aromatic carbocycles. The zero-order valence-electron chi connectivity index (χ0n) is 18.7. The van der Waals surface area contributed by atoms with Crippen molar-refractivity contribution in [1.29, 1.82) is 0 Å². The number of fused-ring (bicyclic) bond motifs is 1. The van der Waals surface area contributed by atoms with E-state index in [-0.39, 0.29) is 17.5 Å². The average molecular weight is 445 g/mol. The van der Waals surface area contributed by atoms with Crippen LogP contribution in [0.25, 0.3) is 11.0 Å². The van der Waals surface area contributed by atoms with E-state index < -0.39 is 0 Å². The van der Waals surface area contributed by atoms with Crippen LogP contribution in [0.5, 0.6) is 17.2 Å². The lowest BCUT2D eigenvalue weighted by Crippen LogP contribution is -2.12. The maximum atomic E-state index is 13.0. The number of ether oxygens (including phenoxy) is 3. The lowest BCUT2D eigenvalue weighted by atomic mass is 10.0. The summed E-state index contributed by atoms with van der Waals surface area (Å²) >= 11 is 0. The van der Waals surface area contributed by atoms with E-state index in [1.807, 2.05) is 6.92 Å². The first-order valence-electron chi connectivity index (χ1n) is 10.2. The monoisotopic (exact) mass is 445 g/mol. The quantitative estimate of drug-likeness (QED) is 0.391. The number of carbonyl (C=O) groups excluding carboxylic acids is 2. The topological polar surface area (TPSA) is 87.0 Å². The van der Waals surface area contributed by atoms with E-state index >= 15 is 0 Å². The van der Waals surface area contributed by atoms with Crippen molar-refractivity contribution >= 4 is 28.3 Å². The predicted molar refractivity (Wildman–Crippen MR) is 125 cm³/mol. The molecule has 1 heterocycles. The van der Waals surface area contributed by atoms with Crippen LogP contribution in [-0.4, -0.2) is 33.0 Å². The molecular formula is C26H23NO6. The molecule has 7 heteroatoms. The number of ketones is 1. The third kappa shape index (κ3) is 4.25. The van der Waals surface area contributed by atoms with Crippen LogP contribution in [0.4, 0.5) is 5.69 Å². The van der Waals surface area contributed by atoms with Crippen molar-refractivity contribution in [3.63, 3.8) is 0 Å². The second-order valence-electron chi connectivity index (χ2n) is 7.35. The van der Waals surface area contributed by atoms with Crippen molar-refractivity contribution < 1.29 is 28.2 Å². The summed E-state index contributed by atoms with van der Waals surface area (Å²) in [7, 11) is 4.62. The van der Waals surface area contributed by atoms with Gasteiger partial charge in [0.2, 0.25) is 5.78 Å². The van der Waals surface area contributed by atoms with Crippen molar-refractivity contribution in [3.05, 3.63) is 83.1 Å². The zero-order valence-corrected chi connectivity index (χ0v) is 18.7. The highest BCUT2D eigenvalue weighted by atomic mass is 16.5. The Kier molecular flexibility index (Phi) is 6.04. The molecule has 0 atom stereocenters. The minimum absolute atomic E-state index is 0.220. The van der Waals surface area contributed by atoms with E-state index in [2.05, 4.69) is 5.32 Å². The number of carbonyl (C=O) groups is 2. The van der Waals surface area contributed by atoms with Crippen LogP contribution in [0.1, 0.15) is 32.0 Å². The molecule has 0 saturated heterocycles. The summed E-state index contributed by atoms with van der Waals surface area (Å²) in [6, 6.07) is 17.0. The molecule has 4 aromatic rings. The fourth-order valence-corrected chi connectivity index (χ4v) is 3.57. The van der Waals surface area contributed by atoms with Gasteiger partial charge in [-0.05, 0) is 67.6 Å². The molecule has 1 N–H and O–H groups in total.